The van der Waals surface area contributed by atoms with Crippen molar-refractivity contribution in [2.45, 2.75) is 38.2 Å². The lowest BCUT2D eigenvalue weighted by Crippen LogP contribution is -2.32. The van der Waals surface area contributed by atoms with Crippen LogP contribution in [0.15, 0.2) is 24.5 Å². The monoisotopic (exact) mass is 248 g/mol. The minimum absolute atomic E-state index is 0.0610. The SMILES string of the molecule is O=C(CCc1ccncc1)NCC1CCCC1O. The highest BCUT2D eigenvalue weighted by Gasteiger charge is 2.25. The fourth-order valence-corrected chi connectivity index (χ4v) is 2.40. The molecule has 0 aromatic carbocycles. The number of aromatic nitrogens is 1. The summed E-state index contributed by atoms with van der Waals surface area (Å²) < 4.78 is 0. The van der Waals surface area contributed by atoms with Gasteiger partial charge in [-0.15, -0.1) is 0 Å². The Labute approximate surface area is 107 Å². The van der Waals surface area contributed by atoms with Crippen LogP contribution in [0.25, 0.3) is 0 Å². The van der Waals surface area contributed by atoms with Gasteiger partial charge in [-0.05, 0) is 37.0 Å². The average molecular weight is 248 g/mol. The summed E-state index contributed by atoms with van der Waals surface area (Å²) in [6.07, 6.45) is 7.44. The van der Waals surface area contributed by atoms with Gasteiger partial charge in [0.05, 0.1) is 6.10 Å². The smallest absolute Gasteiger partial charge is 0.220 e. The van der Waals surface area contributed by atoms with Crippen molar-refractivity contribution in [3.8, 4) is 0 Å². The zero-order valence-corrected chi connectivity index (χ0v) is 10.5. The van der Waals surface area contributed by atoms with Crippen LogP contribution < -0.4 is 5.32 Å². The lowest BCUT2D eigenvalue weighted by molar-refractivity contribution is -0.121. The molecule has 4 heteroatoms. The van der Waals surface area contributed by atoms with E-state index in [9.17, 15) is 9.90 Å². The molecule has 1 amide bonds. The Bertz CT molecular complexity index is 381. The van der Waals surface area contributed by atoms with Gasteiger partial charge in [0.1, 0.15) is 0 Å². The van der Waals surface area contributed by atoms with Crippen molar-refractivity contribution in [2.24, 2.45) is 5.92 Å². The standard InChI is InChI=1S/C14H20N2O2/c17-13-3-1-2-12(13)10-16-14(18)5-4-11-6-8-15-9-7-11/h6-9,12-13,17H,1-5,10H2,(H,16,18). The van der Waals surface area contributed by atoms with Crippen LogP contribution in [-0.4, -0.2) is 28.6 Å². The topological polar surface area (TPSA) is 62.2 Å². The molecule has 0 bridgehead atoms. The molecule has 2 unspecified atom stereocenters. The third-order valence-corrected chi connectivity index (χ3v) is 3.57. The first kappa shape index (κ1) is 13.0. The second-order valence-corrected chi connectivity index (χ2v) is 4.92. The summed E-state index contributed by atoms with van der Waals surface area (Å²) in [4.78, 5) is 15.6. The molecule has 98 valence electrons. The van der Waals surface area contributed by atoms with Gasteiger partial charge < -0.3 is 10.4 Å². The van der Waals surface area contributed by atoms with E-state index >= 15 is 0 Å². The summed E-state index contributed by atoms with van der Waals surface area (Å²) in [6, 6.07) is 3.85. The number of aryl methyl sites for hydroxylation is 1. The predicted molar refractivity (Wildman–Crippen MR) is 68.9 cm³/mol. The number of rotatable bonds is 5. The van der Waals surface area contributed by atoms with Crippen LogP contribution in [0.2, 0.25) is 0 Å². The molecule has 1 aliphatic rings. The number of aliphatic hydroxyl groups is 1. The molecule has 2 atom stereocenters. The van der Waals surface area contributed by atoms with Gasteiger partial charge in [-0.1, -0.05) is 6.42 Å². The van der Waals surface area contributed by atoms with E-state index in [1.807, 2.05) is 12.1 Å². The number of hydrogen-bond acceptors (Lipinski definition) is 3. The van der Waals surface area contributed by atoms with Gasteiger partial charge in [-0.2, -0.15) is 0 Å². The van der Waals surface area contributed by atoms with Gasteiger partial charge >= 0.3 is 0 Å². The number of carbonyl (C=O) groups is 1. The summed E-state index contributed by atoms with van der Waals surface area (Å²) in [5.41, 5.74) is 1.13. The van der Waals surface area contributed by atoms with Crippen LogP contribution in [0.4, 0.5) is 0 Å². The summed E-state index contributed by atoms with van der Waals surface area (Å²) in [6.45, 7) is 0.607. The molecule has 1 heterocycles. The summed E-state index contributed by atoms with van der Waals surface area (Å²) >= 11 is 0. The molecular weight excluding hydrogens is 228 g/mol. The van der Waals surface area contributed by atoms with Crippen molar-refractivity contribution in [1.29, 1.82) is 0 Å². The van der Waals surface area contributed by atoms with Gasteiger partial charge in [0.2, 0.25) is 5.91 Å². The predicted octanol–water partition coefficient (Wildman–Crippen LogP) is 1.29. The molecule has 1 aromatic rings. The van der Waals surface area contributed by atoms with Crippen molar-refractivity contribution in [3.63, 3.8) is 0 Å². The largest absolute Gasteiger partial charge is 0.393 e. The van der Waals surface area contributed by atoms with Gasteiger partial charge in [0.25, 0.3) is 0 Å². The summed E-state index contributed by atoms with van der Waals surface area (Å²) in [7, 11) is 0. The Morgan fingerprint density at radius 1 is 1.39 bits per heavy atom. The molecule has 18 heavy (non-hydrogen) atoms. The van der Waals surface area contributed by atoms with Crippen LogP contribution in [0.3, 0.4) is 0 Å². The van der Waals surface area contributed by atoms with Crippen molar-refractivity contribution < 1.29 is 9.90 Å². The maximum atomic E-state index is 11.7. The van der Waals surface area contributed by atoms with Crippen LogP contribution >= 0.6 is 0 Å². The lowest BCUT2D eigenvalue weighted by Gasteiger charge is -2.14. The van der Waals surface area contributed by atoms with Gasteiger partial charge in [-0.3, -0.25) is 9.78 Å². The van der Waals surface area contributed by atoms with Crippen LogP contribution in [0.5, 0.6) is 0 Å². The number of pyridine rings is 1. The molecule has 1 aliphatic carbocycles. The number of amides is 1. The van der Waals surface area contributed by atoms with Crippen molar-refractivity contribution in [1.82, 2.24) is 10.3 Å². The zero-order chi connectivity index (χ0) is 12.8. The molecule has 2 rings (SSSR count). The number of carbonyl (C=O) groups excluding carboxylic acids is 1. The quantitative estimate of drug-likeness (QED) is 0.825. The first-order valence-electron chi connectivity index (χ1n) is 6.59. The highest BCUT2D eigenvalue weighted by atomic mass is 16.3. The molecule has 0 spiro atoms. The maximum Gasteiger partial charge on any atom is 0.220 e. The van der Waals surface area contributed by atoms with Gasteiger partial charge in [0.15, 0.2) is 0 Å². The van der Waals surface area contributed by atoms with Crippen molar-refractivity contribution in [2.75, 3.05) is 6.54 Å². The fraction of sp³-hybridized carbons (Fsp3) is 0.571. The summed E-state index contributed by atoms with van der Waals surface area (Å²) in [5, 5.41) is 12.6. The van der Waals surface area contributed by atoms with Crippen molar-refractivity contribution >= 4 is 5.91 Å². The normalized spacial score (nSPS) is 22.9. The zero-order valence-electron chi connectivity index (χ0n) is 10.5. The Kier molecular flexibility index (Phi) is 4.70. The fourth-order valence-electron chi connectivity index (χ4n) is 2.40. The van der Waals surface area contributed by atoms with Crippen LogP contribution in [0.1, 0.15) is 31.2 Å². The second-order valence-electron chi connectivity index (χ2n) is 4.92. The van der Waals surface area contributed by atoms with E-state index in [-0.39, 0.29) is 17.9 Å². The Morgan fingerprint density at radius 2 is 2.17 bits per heavy atom. The lowest BCUT2D eigenvalue weighted by atomic mass is 10.1. The number of hydrogen-bond donors (Lipinski definition) is 2. The third kappa shape index (κ3) is 3.81. The first-order chi connectivity index (χ1) is 8.75. The highest BCUT2D eigenvalue weighted by molar-refractivity contribution is 5.76. The third-order valence-electron chi connectivity index (χ3n) is 3.57. The minimum Gasteiger partial charge on any atom is -0.393 e. The Morgan fingerprint density at radius 3 is 2.83 bits per heavy atom. The molecular formula is C14H20N2O2. The molecule has 1 fully saturated rings. The van der Waals surface area contributed by atoms with E-state index in [2.05, 4.69) is 10.3 Å². The molecule has 4 nitrogen and oxygen atoms in total. The number of nitrogens with zero attached hydrogens (tertiary/aromatic N) is 1. The van der Waals surface area contributed by atoms with E-state index in [1.165, 1.54) is 0 Å². The molecule has 2 N–H and O–H groups in total. The number of aliphatic hydroxyl groups excluding tert-OH is 1. The molecule has 0 saturated heterocycles. The Hall–Kier alpha value is -1.42. The van der Waals surface area contributed by atoms with Gasteiger partial charge in [-0.25, -0.2) is 0 Å². The van der Waals surface area contributed by atoms with Crippen LogP contribution in [-0.2, 0) is 11.2 Å². The molecule has 1 aromatic heterocycles. The second kappa shape index (κ2) is 6.50. The van der Waals surface area contributed by atoms with Crippen molar-refractivity contribution in [3.05, 3.63) is 30.1 Å². The summed E-state index contributed by atoms with van der Waals surface area (Å²) in [5.74, 6) is 0.306. The van der Waals surface area contributed by atoms with E-state index in [4.69, 9.17) is 0 Å². The average Bonchev–Trinajstić information content (AvgIpc) is 2.81. The van der Waals surface area contributed by atoms with E-state index in [0.717, 1.165) is 31.2 Å². The highest BCUT2D eigenvalue weighted by Crippen LogP contribution is 2.24. The maximum absolute atomic E-state index is 11.7. The molecule has 1 saturated carbocycles. The number of nitrogens with one attached hydrogen (secondary N) is 1. The van der Waals surface area contributed by atoms with Crippen LogP contribution in [0, 0.1) is 5.92 Å². The van der Waals surface area contributed by atoms with E-state index < -0.39 is 0 Å². The Balaban J connectivity index is 1.66. The van der Waals surface area contributed by atoms with E-state index in [0.29, 0.717) is 13.0 Å². The van der Waals surface area contributed by atoms with E-state index in [1.54, 1.807) is 12.4 Å². The minimum atomic E-state index is -0.231. The first-order valence-corrected chi connectivity index (χ1v) is 6.59. The van der Waals surface area contributed by atoms with Gasteiger partial charge in [0, 0.05) is 31.3 Å². The molecule has 0 radical (unpaired) electrons. The molecule has 0 aliphatic heterocycles.